The third-order valence-electron chi connectivity index (χ3n) is 3.57. The molecule has 7 heteroatoms. The lowest BCUT2D eigenvalue weighted by molar-refractivity contribution is -0.156. The highest BCUT2D eigenvalue weighted by molar-refractivity contribution is 5.71. The number of esters is 2. The number of rotatable bonds is 14. The molecule has 0 heterocycles. The topological polar surface area (TPSA) is 80.3 Å². The van der Waals surface area contributed by atoms with Crippen molar-refractivity contribution in [2.75, 3.05) is 26.4 Å². The molecule has 4 atom stereocenters. The van der Waals surface area contributed by atoms with Crippen LogP contribution >= 0.6 is 0 Å². The average molecular weight is 391 g/mol. The fraction of sp³-hybridized carbons (Fsp3) is 0.900. The number of carbonyl (C=O) groups is 2. The molecule has 0 aliphatic rings. The molecule has 0 spiro atoms. The Hall–Kier alpha value is -1.18. The Labute approximate surface area is 164 Å². The molecule has 0 rings (SSSR count). The lowest BCUT2D eigenvalue weighted by atomic mass is 10.2. The first-order chi connectivity index (χ1) is 12.5. The third kappa shape index (κ3) is 13.6. The summed E-state index contributed by atoms with van der Waals surface area (Å²) in [4.78, 5) is 22.9. The summed E-state index contributed by atoms with van der Waals surface area (Å²) in [5.41, 5.74) is 0. The van der Waals surface area contributed by atoms with Gasteiger partial charge in [0.1, 0.15) is 12.7 Å². The lowest BCUT2D eigenvalue weighted by Gasteiger charge is -2.21. The Morgan fingerprint density at radius 2 is 0.926 bits per heavy atom. The molecule has 0 radical (unpaired) electrons. The summed E-state index contributed by atoms with van der Waals surface area (Å²) in [5.74, 6) is -0.745. The van der Waals surface area contributed by atoms with Gasteiger partial charge in [0.25, 0.3) is 0 Å². The van der Waals surface area contributed by atoms with Gasteiger partial charge in [-0.15, -0.1) is 0 Å². The molecule has 0 aliphatic heterocycles. The van der Waals surface area contributed by atoms with Crippen molar-refractivity contribution >= 4 is 11.9 Å². The van der Waals surface area contributed by atoms with Gasteiger partial charge < -0.3 is 23.7 Å². The predicted octanol–water partition coefficient (Wildman–Crippen LogP) is 2.99. The van der Waals surface area contributed by atoms with Gasteiger partial charge in [-0.1, -0.05) is 27.7 Å². The zero-order valence-corrected chi connectivity index (χ0v) is 18.2. The zero-order chi connectivity index (χ0) is 21.0. The normalized spacial score (nSPS) is 16.1. The van der Waals surface area contributed by atoms with Crippen LogP contribution < -0.4 is 0 Å². The van der Waals surface area contributed by atoms with E-state index in [9.17, 15) is 9.59 Å². The van der Waals surface area contributed by atoms with Crippen LogP contribution in [0.15, 0.2) is 0 Å². The largest absolute Gasteiger partial charge is 0.463 e. The molecule has 160 valence electrons. The van der Waals surface area contributed by atoms with Crippen molar-refractivity contribution in [1.82, 2.24) is 0 Å². The predicted molar refractivity (Wildman–Crippen MR) is 102 cm³/mol. The van der Waals surface area contributed by atoms with Crippen molar-refractivity contribution in [3.63, 3.8) is 0 Å². The minimum atomic E-state index is -0.294. The Morgan fingerprint density at radius 3 is 1.33 bits per heavy atom. The van der Waals surface area contributed by atoms with E-state index in [1.54, 1.807) is 34.6 Å². The smallest absolute Gasteiger partial charge is 0.308 e. The van der Waals surface area contributed by atoms with Gasteiger partial charge in [-0.3, -0.25) is 9.59 Å². The number of hydrogen-bond acceptors (Lipinski definition) is 7. The first kappa shape index (κ1) is 25.8. The molecule has 0 amide bonds. The quantitative estimate of drug-likeness (QED) is 0.422. The van der Waals surface area contributed by atoms with E-state index < -0.39 is 0 Å². The minimum Gasteiger partial charge on any atom is -0.463 e. The summed E-state index contributed by atoms with van der Waals surface area (Å²) in [5, 5.41) is 0. The highest BCUT2D eigenvalue weighted by Crippen LogP contribution is 2.05. The third-order valence-corrected chi connectivity index (χ3v) is 3.57. The molecule has 0 saturated heterocycles. The molecular weight excluding hydrogens is 352 g/mol. The summed E-state index contributed by atoms with van der Waals surface area (Å²) in [7, 11) is 0. The van der Waals surface area contributed by atoms with Crippen molar-refractivity contribution in [2.45, 2.75) is 79.8 Å². The van der Waals surface area contributed by atoms with E-state index in [0.717, 1.165) is 0 Å². The molecule has 0 saturated carbocycles. The number of ether oxygens (including phenoxy) is 5. The molecule has 0 bridgehead atoms. The zero-order valence-electron chi connectivity index (χ0n) is 18.2. The van der Waals surface area contributed by atoms with Gasteiger partial charge in [-0.05, 0) is 27.7 Å². The summed E-state index contributed by atoms with van der Waals surface area (Å²) in [6, 6.07) is 0. The summed E-state index contributed by atoms with van der Waals surface area (Å²) in [6.07, 6.45) is -0.728. The van der Waals surface area contributed by atoms with Crippen LogP contribution in [0.25, 0.3) is 0 Å². The first-order valence-electron chi connectivity index (χ1n) is 9.74. The van der Waals surface area contributed by atoms with Crippen molar-refractivity contribution < 1.29 is 33.3 Å². The first-order valence-corrected chi connectivity index (χ1v) is 9.74. The van der Waals surface area contributed by atoms with E-state index >= 15 is 0 Å². The summed E-state index contributed by atoms with van der Waals surface area (Å²) < 4.78 is 27.4. The van der Waals surface area contributed by atoms with Crippen LogP contribution in [0.1, 0.15) is 55.4 Å². The molecule has 0 aromatic rings. The monoisotopic (exact) mass is 390 g/mol. The van der Waals surface area contributed by atoms with Gasteiger partial charge in [0.2, 0.25) is 0 Å². The highest BCUT2D eigenvalue weighted by Gasteiger charge is 2.16. The Bertz CT molecular complexity index is 423. The fourth-order valence-corrected chi connectivity index (χ4v) is 1.78. The second-order valence-electron chi connectivity index (χ2n) is 7.62. The van der Waals surface area contributed by atoms with E-state index in [4.69, 9.17) is 23.7 Å². The molecule has 0 N–H and O–H groups in total. The van der Waals surface area contributed by atoms with Crippen molar-refractivity contribution in [3.05, 3.63) is 0 Å². The molecule has 27 heavy (non-hydrogen) atoms. The van der Waals surface area contributed by atoms with Gasteiger partial charge in [-0.25, -0.2) is 0 Å². The molecule has 0 fully saturated rings. The van der Waals surface area contributed by atoms with Crippen molar-refractivity contribution in [2.24, 2.45) is 11.8 Å². The van der Waals surface area contributed by atoms with Crippen LogP contribution in [-0.2, 0) is 33.3 Å². The molecule has 0 aromatic carbocycles. The van der Waals surface area contributed by atoms with Gasteiger partial charge in [-0.2, -0.15) is 0 Å². The maximum absolute atomic E-state index is 11.5. The van der Waals surface area contributed by atoms with Crippen LogP contribution in [0.4, 0.5) is 0 Å². The van der Waals surface area contributed by atoms with Crippen LogP contribution in [0, 0.1) is 11.8 Å². The lowest BCUT2D eigenvalue weighted by Crippen LogP contribution is -2.29. The highest BCUT2D eigenvalue weighted by atomic mass is 16.6. The molecular formula is C20H38O7. The van der Waals surface area contributed by atoms with Crippen molar-refractivity contribution in [3.8, 4) is 0 Å². The molecule has 0 aliphatic carbocycles. The summed E-state index contributed by atoms with van der Waals surface area (Å²) >= 11 is 0. The van der Waals surface area contributed by atoms with Gasteiger partial charge in [0.05, 0.1) is 50.0 Å². The molecule has 4 unspecified atom stereocenters. The van der Waals surface area contributed by atoms with Crippen LogP contribution in [-0.4, -0.2) is 62.8 Å². The Kier molecular flexibility index (Phi) is 13.3. The van der Waals surface area contributed by atoms with Gasteiger partial charge in [0.15, 0.2) is 0 Å². The maximum atomic E-state index is 11.5. The van der Waals surface area contributed by atoms with Crippen LogP contribution in [0.2, 0.25) is 0 Å². The maximum Gasteiger partial charge on any atom is 0.308 e. The Morgan fingerprint density at radius 1 is 0.556 bits per heavy atom. The standard InChI is InChI=1S/C20H38O7/c1-13(2)19(21)26-11-17(7)24-9-15(5)23-10-16(6)25-12-18(8)27-20(22)14(3)4/h13-18H,9-12H2,1-8H3. The van der Waals surface area contributed by atoms with E-state index in [2.05, 4.69) is 0 Å². The van der Waals surface area contributed by atoms with Crippen LogP contribution in [0.3, 0.4) is 0 Å². The minimum absolute atomic E-state index is 0.115. The SMILES string of the molecule is CC(COC(=O)C(C)C)OCC(C)OCC(C)OCC(C)OC(=O)C(C)C. The average Bonchev–Trinajstić information content (AvgIpc) is 2.60. The van der Waals surface area contributed by atoms with E-state index in [0.29, 0.717) is 19.8 Å². The van der Waals surface area contributed by atoms with Gasteiger partial charge >= 0.3 is 11.9 Å². The molecule has 7 nitrogen and oxygen atoms in total. The fourth-order valence-electron chi connectivity index (χ4n) is 1.78. The van der Waals surface area contributed by atoms with E-state index in [-0.39, 0.29) is 54.8 Å². The second kappa shape index (κ2) is 13.9. The van der Waals surface area contributed by atoms with Crippen molar-refractivity contribution in [1.29, 1.82) is 0 Å². The van der Waals surface area contributed by atoms with E-state index in [1.807, 2.05) is 20.8 Å². The number of hydrogen-bond donors (Lipinski definition) is 0. The summed E-state index contributed by atoms with van der Waals surface area (Å²) in [6.45, 7) is 16.0. The number of carbonyl (C=O) groups excluding carboxylic acids is 2. The van der Waals surface area contributed by atoms with E-state index in [1.165, 1.54) is 0 Å². The second-order valence-corrected chi connectivity index (χ2v) is 7.62. The van der Waals surface area contributed by atoms with Crippen LogP contribution in [0.5, 0.6) is 0 Å². The molecule has 0 aromatic heterocycles. The Balaban J connectivity index is 3.86. The van der Waals surface area contributed by atoms with Gasteiger partial charge in [0, 0.05) is 0 Å².